The Morgan fingerprint density at radius 1 is 1.29 bits per heavy atom. The maximum Gasteiger partial charge on any atom is 0.254 e. The van der Waals surface area contributed by atoms with Crippen molar-refractivity contribution in [2.75, 3.05) is 0 Å². The highest BCUT2D eigenvalue weighted by molar-refractivity contribution is 6.28. The van der Waals surface area contributed by atoms with Crippen LogP contribution < -0.4 is 5.32 Å². The summed E-state index contributed by atoms with van der Waals surface area (Å²) in [5.41, 5.74) is 0.00477. The molecule has 0 radical (unpaired) electrons. The number of nitrogens with one attached hydrogen (secondary N) is 1. The number of amides is 1. The number of carbonyl (C=O) groups is 1. The first-order valence-corrected chi connectivity index (χ1v) is 5.31. The zero-order chi connectivity index (χ0) is 12.3. The van der Waals surface area contributed by atoms with Crippen molar-refractivity contribution in [3.63, 3.8) is 0 Å². The minimum atomic E-state index is -0.553. The van der Waals surface area contributed by atoms with Crippen LogP contribution >= 0.6 is 11.6 Å². The summed E-state index contributed by atoms with van der Waals surface area (Å²) in [7, 11) is 0. The number of halogens is 2. The Bertz CT molecular complexity index is 539. The third kappa shape index (κ3) is 2.85. The van der Waals surface area contributed by atoms with E-state index in [1.54, 1.807) is 18.2 Å². The summed E-state index contributed by atoms with van der Waals surface area (Å²) >= 11 is 5.58. The minimum Gasteiger partial charge on any atom is -0.448 e. The van der Waals surface area contributed by atoms with E-state index in [0.717, 1.165) is 0 Å². The summed E-state index contributed by atoms with van der Waals surface area (Å²) in [6.07, 6.45) is 0. The van der Waals surface area contributed by atoms with Gasteiger partial charge in [0.25, 0.3) is 5.91 Å². The van der Waals surface area contributed by atoms with Gasteiger partial charge in [0.15, 0.2) is 5.22 Å². The van der Waals surface area contributed by atoms with E-state index >= 15 is 0 Å². The van der Waals surface area contributed by atoms with Crippen molar-refractivity contribution in [3.05, 3.63) is 58.8 Å². The van der Waals surface area contributed by atoms with Crippen LogP contribution in [-0.2, 0) is 6.54 Å². The smallest absolute Gasteiger partial charge is 0.254 e. The molecular formula is C12H9ClFNO2. The zero-order valence-electron chi connectivity index (χ0n) is 8.74. The molecule has 0 aliphatic carbocycles. The molecule has 1 aromatic carbocycles. The molecule has 17 heavy (non-hydrogen) atoms. The molecule has 2 aromatic rings. The summed E-state index contributed by atoms with van der Waals surface area (Å²) in [5, 5.41) is 2.79. The largest absolute Gasteiger partial charge is 0.448 e. The van der Waals surface area contributed by atoms with Gasteiger partial charge in [-0.15, -0.1) is 0 Å². The van der Waals surface area contributed by atoms with E-state index in [2.05, 4.69) is 5.32 Å². The number of rotatable bonds is 3. The van der Waals surface area contributed by atoms with Gasteiger partial charge in [-0.3, -0.25) is 4.79 Å². The van der Waals surface area contributed by atoms with Crippen LogP contribution in [0.4, 0.5) is 4.39 Å². The molecule has 0 aliphatic heterocycles. The van der Waals surface area contributed by atoms with E-state index in [4.69, 9.17) is 16.0 Å². The van der Waals surface area contributed by atoms with E-state index in [1.165, 1.54) is 18.2 Å². The second kappa shape index (κ2) is 5.01. The molecule has 1 heterocycles. The normalized spacial score (nSPS) is 10.2. The van der Waals surface area contributed by atoms with E-state index in [0.29, 0.717) is 5.76 Å². The minimum absolute atomic E-state index is 0.00477. The van der Waals surface area contributed by atoms with Crippen molar-refractivity contribution in [3.8, 4) is 0 Å². The summed E-state index contributed by atoms with van der Waals surface area (Å²) in [6.45, 7) is 0.167. The molecule has 0 saturated heterocycles. The maximum atomic E-state index is 13.3. The lowest BCUT2D eigenvalue weighted by Gasteiger charge is -2.03. The van der Waals surface area contributed by atoms with Crippen LogP contribution in [-0.4, -0.2) is 5.91 Å². The first-order chi connectivity index (χ1) is 8.16. The fourth-order valence-electron chi connectivity index (χ4n) is 1.35. The van der Waals surface area contributed by atoms with Crippen molar-refractivity contribution in [1.82, 2.24) is 5.32 Å². The molecular weight excluding hydrogens is 245 g/mol. The van der Waals surface area contributed by atoms with Gasteiger partial charge < -0.3 is 9.73 Å². The van der Waals surface area contributed by atoms with Gasteiger partial charge in [0.05, 0.1) is 12.1 Å². The molecule has 88 valence electrons. The average molecular weight is 254 g/mol. The molecule has 3 nitrogen and oxygen atoms in total. The van der Waals surface area contributed by atoms with Crippen LogP contribution in [0.25, 0.3) is 0 Å². The van der Waals surface area contributed by atoms with Crippen LogP contribution in [0.1, 0.15) is 16.1 Å². The van der Waals surface area contributed by atoms with E-state index in [9.17, 15) is 9.18 Å². The number of furan rings is 1. The monoisotopic (exact) mass is 253 g/mol. The number of benzene rings is 1. The third-order valence-corrected chi connectivity index (χ3v) is 2.37. The quantitative estimate of drug-likeness (QED) is 0.914. The lowest BCUT2D eigenvalue weighted by Crippen LogP contribution is -2.23. The summed E-state index contributed by atoms with van der Waals surface area (Å²) < 4.78 is 18.3. The lowest BCUT2D eigenvalue weighted by molar-refractivity contribution is 0.0944. The Hall–Kier alpha value is -1.81. The highest BCUT2D eigenvalue weighted by atomic mass is 35.5. The van der Waals surface area contributed by atoms with Gasteiger partial charge in [-0.05, 0) is 35.9 Å². The van der Waals surface area contributed by atoms with E-state index < -0.39 is 11.7 Å². The average Bonchev–Trinajstić information content (AvgIpc) is 2.73. The van der Waals surface area contributed by atoms with Crippen molar-refractivity contribution < 1.29 is 13.6 Å². The Labute approximate surface area is 102 Å². The third-order valence-electron chi connectivity index (χ3n) is 2.17. The zero-order valence-corrected chi connectivity index (χ0v) is 9.50. The Kier molecular flexibility index (Phi) is 3.44. The standard InChI is InChI=1S/C12H9ClFNO2/c13-11-6-5-8(17-11)7-15-12(16)9-3-1-2-4-10(9)14/h1-6H,7H2,(H,15,16). The molecule has 5 heteroatoms. The van der Waals surface area contributed by atoms with E-state index in [1.807, 2.05) is 0 Å². The molecule has 2 rings (SSSR count). The van der Waals surface area contributed by atoms with Crippen LogP contribution in [0.2, 0.25) is 5.22 Å². The molecule has 0 unspecified atom stereocenters. The second-order valence-corrected chi connectivity index (χ2v) is 3.74. The fourth-order valence-corrected chi connectivity index (χ4v) is 1.52. The predicted octanol–water partition coefficient (Wildman–Crippen LogP) is 3.00. The number of carbonyl (C=O) groups excluding carboxylic acids is 1. The maximum absolute atomic E-state index is 13.3. The number of hydrogen-bond donors (Lipinski definition) is 1. The van der Waals surface area contributed by atoms with Gasteiger partial charge >= 0.3 is 0 Å². The Morgan fingerprint density at radius 3 is 2.71 bits per heavy atom. The van der Waals surface area contributed by atoms with Gasteiger partial charge in [-0.25, -0.2) is 4.39 Å². The molecule has 0 saturated carbocycles. The predicted molar refractivity (Wildman–Crippen MR) is 61.3 cm³/mol. The van der Waals surface area contributed by atoms with Crippen molar-refractivity contribution >= 4 is 17.5 Å². The fraction of sp³-hybridized carbons (Fsp3) is 0.0833. The first-order valence-electron chi connectivity index (χ1n) is 4.94. The Balaban J connectivity index is 2.01. The van der Waals surface area contributed by atoms with Crippen LogP contribution in [0, 0.1) is 5.82 Å². The van der Waals surface area contributed by atoms with Gasteiger partial charge in [-0.2, -0.15) is 0 Å². The summed E-state index contributed by atoms with van der Waals surface area (Å²) in [5.74, 6) is -0.530. The Morgan fingerprint density at radius 2 is 2.06 bits per heavy atom. The van der Waals surface area contributed by atoms with Crippen molar-refractivity contribution in [2.24, 2.45) is 0 Å². The molecule has 0 fully saturated rings. The van der Waals surface area contributed by atoms with Gasteiger partial charge in [-0.1, -0.05) is 12.1 Å². The topological polar surface area (TPSA) is 42.2 Å². The molecule has 0 bridgehead atoms. The van der Waals surface area contributed by atoms with Gasteiger partial charge in [0, 0.05) is 0 Å². The molecule has 0 aliphatic rings. The lowest BCUT2D eigenvalue weighted by atomic mass is 10.2. The first kappa shape index (κ1) is 11.7. The SMILES string of the molecule is O=C(NCc1ccc(Cl)o1)c1ccccc1F. The highest BCUT2D eigenvalue weighted by Crippen LogP contribution is 2.13. The highest BCUT2D eigenvalue weighted by Gasteiger charge is 2.10. The molecule has 1 N–H and O–H groups in total. The van der Waals surface area contributed by atoms with Crippen molar-refractivity contribution in [1.29, 1.82) is 0 Å². The van der Waals surface area contributed by atoms with Gasteiger partial charge in [0.2, 0.25) is 0 Å². The molecule has 1 amide bonds. The van der Waals surface area contributed by atoms with Crippen LogP contribution in [0.3, 0.4) is 0 Å². The number of hydrogen-bond acceptors (Lipinski definition) is 2. The molecule has 0 spiro atoms. The summed E-state index contributed by atoms with van der Waals surface area (Å²) in [6, 6.07) is 8.99. The molecule has 1 aromatic heterocycles. The van der Waals surface area contributed by atoms with Crippen LogP contribution in [0.5, 0.6) is 0 Å². The molecule has 0 atom stereocenters. The van der Waals surface area contributed by atoms with Crippen LogP contribution in [0.15, 0.2) is 40.8 Å². The second-order valence-electron chi connectivity index (χ2n) is 3.37. The summed E-state index contributed by atoms with van der Waals surface area (Å²) in [4.78, 5) is 11.6. The van der Waals surface area contributed by atoms with Gasteiger partial charge in [0.1, 0.15) is 11.6 Å². The van der Waals surface area contributed by atoms with Crippen molar-refractivity contribution in [2.45, 2.75) is 6.54 Å². The van der Waals surface area contributed by atoms with E-state index in [-0.39, 0.29) is 17.3 Å².